The van der Waals surface area contributed by atoms with E-state index >= 15 is 0 Å². The largest absolute Gasteiger partial charge is 0.451 e. The number of para-hydroxylation sites is 2. The zero-order valence-corrected chi connectivity index (χ0v) is 16.3. The van der Waals surface area contributed by atoms with Gasteiger partial charge in [-0.2, -0.15) is 0 Å². The Labute approximate surface area is 166 Å². The van der Waals surface area contributed by atoms with Crippen LogP contribution in [0.15, 0.2) is 57.7 Å². The van der Waals surface area contributed by atoms with Crippen LogP contribution in [-0.4, -0.2) is 34.4 Å². The van der Waals surface area contributed by atoms with E-state index in [1.54, 1.807) is 30.2 Å². The number of H-pyrrole nitrogens is 1. The fourth-order valence-corrected chi connectivity index (χ4v) is 3.42. The van der Waals surface area contributed by atoms with Gasteiger partial charge in [0.15, 0.2) is 5.76 Å². The number of amides is 1. The average molecular weight is 391 g/mol. The van der Waals surface area contributed by atoms with Crippen LogP contribution in [-0.2, 0) is 17.9 Å². The van der Waals surface area contributed by atoms with E-state index in [-0.39, 0.29) is 30.4 Å². The number of aromatic nitrogens is 2. The number of aromatic amines is 1. The van der Waals surface area contributed by atoms with Crippen molar-refractivity contribution in [1.29, 1.82) is 0 Å². The zero-order valence-electron chi connectivity index (χ0n) is 16.3. The molecule has 0 aliphatic carbocycles. The van der Waals surface area contributed by atoms with Gasteiger partial charge in [-0.05, 0) is 25.1 Å². The predicted molar refractivity (Wildman–Crippen MR) is 110 cm³/mol. The molecule has 0 aliphatic heterocycles. The van der Waals surface area contributed by atoms with E-state index in [0.29, 0.717) is 34.4 Å². The summed E-state index contributed by atoms with van der Waals surface area (Å²) in [5.74, 6) is 0.401. The molecular formula is C22H21N3O4. The Bertz CT molecular complexity index is 1240. The first-order chi connectivity index (χ1) is 14.1. The third kappa shape index (κ3) is 3.52. The Kier molecular flexibility index (Phi) is 5.14. The van der Waals surface area contributed by atoms with Crippen molar-refractivity contribution in [3.05, 3.63) is 76.0 Å². The first-order valence-electron chi connectivity index (χ1n) is 9.39. The van der Waals surface area contributed by atoms with Gasteiger partial charge in [-0.25, -0.2) is 4.98 Å². The molecule has 0 saturated carbocycles. The summed E-state index contributed by atoms with van der Waals surface area (Å²) in [6.45, 7) is 2.73. The minimum atomic E-state index is -0.272. The highest BCUT2D eigenvalue weighted by atomic mass is 16.5. The number of nitrogens with one attached hydrogen (secondary N) is 1. The molecule has 0 unspecified atom stereocenters. The molecule has 1 amide bonds. The lowest BCUT2D eigenvalue weighted by molar-refractivity contribution is 0.0712. The highest BCUT2D eigenvalue weighted by Gasteiger charge is 2.25. The SMILES string of the molecule is CCN(Cc1nc2ccccc2c(=O)[nH]1)C(=O)c1oc2ccccc2c1COC. The Morgan fingerprint density at radius 1 is 1.14 bits per heavy atom. The van der Waals surface area contributed by atoms with Gasteiger partial charge in [0.1, 0.15) is 11.4 Å². The topological polar surface area (TPSA) is 88.4 Å². The third-order valence-corrected chi connectivity index (χ3v) is 4.85. The predicted octanol–water partition coefficient (Wildman–Crippen LogP) is 3.48. The summed E-state index contributed by atoms with van der Waals surface area (Å²) < 4.78 is 11.2. The summed E-state index contributed by atoms with van der Waals surface area (Å²) in [6, 6.07) is 14.6. The molecule has 1 N–H and O–H groups in total. The first kappa shape index (κ1) is 18.9. The first-order valence-corrected chi connectivity index (χ1v) is 9.39. The maximum Gasteiger partial charge on any atom is 0.290 e. The molecule has 4 rings (SSSR count). The van der Waals surface area contributed by atoms with E-state index in [9.17, 15) is 9.59 Å². The zero-order chi connectivity index (χ0) is 20.4. The summed E-state index contributed by atoms with van der Waals surface area (Å²) in [5, 5.41) is 1.37. The van der Waals surface area contributed by atoms with Gasteiger partial charge in [-0.15, -0.1) is 0 Å². The molecule has 0 radical (unpaired) electrons. The van der Waals surface area contributed by atoms with Crippen molar-refractivity contribution in [2.24, 2.45) is 0 Å². The van der Waals surface area contributed by atoms with Crippen molar-refractivity contribution in [2.45, 2.75) is 20.1 Å². The molecule has 29 heavy (non-hydrogen) atoms. The van der Waals surface area contributed by atoms with Crippen LogP contribution in [0, 0.1) is 0 Å². The molecular weight excluding hydrogens is 370 g/mol. The Balaban J connectivity index is 1.70. The quantitative estimate of drug-likeness (QED) is 0.544. The molecule has 7 nitrogen and oxygen atoms in total. The number of hydrogen-bond acceptors (Lipinski definition) is 5. The molecule has 2 aromatic carbocycles. The van der Waals surface area contributed by atoms with Crippen molar-refractivity contribution in [3.63, 3.8) is 0 Å². The Morgan fingerprint density at radius 3 is 2.62 bits per heavy atom. The molecule has 0 saturated heterocycles. The third-order valence-electron chi connectivity index (χ3n) is 4.85. The number of ether oxygens (including phenoxy) is 1. The normalized spacial score (nSPS) is 11.2. The molecule has 4 aromatic rings. The van der Waals surface area contributed by atoms with Crippen LogP contribution in [0.25, 0.3) is 21.9 Å². The minimum absolute atomic E-state index is 0.166. The number of furan rings is 1. The number of methoxy groups -OCH3 is 1. The number of hydrogen-bond donors (Lipinski definition) is 1. The van der Waals surface area contributed by atoms with E-state index < -0.39 is 0 Å². The van der Waals surface area contributed by atoms with Gasteiger partial charge >= 0.3 is 0 Å². The molecule has 148 valence electrons. The van der Waals surface area contributed by atoms with Gasteiger partial charge in [0.25, 0.3) is 11.5 Å². The molecule has 2 aromatic heterocycles. The van der Waals surface area contributed by atoms with Gasteiger partial charge in [0.2, 0.25) is 0 Å². The number of carbonyl (C=O) groups is 1. The van der Waals surface area contributed by atoms with Crippen LogP contribution >= 0.6 is 0 Å². The maximum absolute atomic E-state index is 13.3. The van der Waals surface area contributed by atoms with E-state index in [0.717, 1.165) is 5.39 Å². The summed E-state index contributed by atoms with van der Waals surface area (Å²) in [5.41, 5.74) is 1.72. The minimum Gasteiger partial charge on any atom is -0.451 e. The summed E-state index contributed by atoms with van der Waals surface area (Å²) in [4.78, 5) is 34.4. The molecule has 2 heterocycles. The molecule has 0 atom stereocenters. The van der Waals surface area contributed by atoms with Crippen LogP contribution in [0.1, 0.15) is 28.9 Å². The lowest BCUT2D eigenvalue weighted by Gasteiger charge is -2.19. The van der Waals surface area contributed by atoms with Crippen molar-refractivity contribution in [1.82, 2.24) is 14.9 Å². The van der Waals surface area contributed by atoms with Crippen LogP contribution in [0.4, 0.5) is 0 Å². The lowest BCUT2D eigenvalue weighted by Crippen LogP contribution is -2.32. The van der Waals surface area contributed by atoms with Crippen LogP contribution in [0.5, 0.6) is 0 Å². The highest BCUT2D eigenvalue weighted by Crippen LogP contribution is 2.28. The smallest absolute Gasteiger partial charge is 0.290 e. The number of nitrogens with zero attached hydrogens (tertiary/aromatic N) is 2. The van der Waals surface area contributed by atoms with Gasteiger partial charge in [-0.1, -0.05) is 30.3 Å². The van der Waals surface area contributed by atoms with Crippen molar-refractivity contribution >= 4 is 27.8 Å². The van der Waals surface area contributed by atoms with Gasteiger partial charge in [0.05, 0.1) is 24.1 Å². The maximum atomic E-state index is 13.3. The second-order valence-corrected chi connectivity index (χ2v) is 6.69. The van der Waals surface area contributed by atoms with Crippen LogP contribution in [0.2, 0.25) is 0 Å². The van der Waals surface area contributed by atoms with E-state index in [2.05, 4.69) is 9.97 Å². The second kappa shape index (κ2) is 7.89. The summed E-state index contributed by atoms with van der Waals surface area (Å²) in [6.07, 6.45) is 0. The number of fused-ring (bicyclic) bond motifs is 2. The van der Waals surface area contributed by atoms with Crippen molar-refractivity contribution < 1.29 is 13.9 Å². The fraction of sp³-hybridized carbons (Fsp3) is 0.227. The number of carbonyl (C=O) groups excluding carboxylic acids is 1. The van der Waals surface area contributed by atoms with E-state index in [1.807, 2.05) is 37.3 Å². The molecule has 0 spiro atoms. The number of benzene rings is 2. The molecule has 7 heteroatoms. The summed E-state index contributed by atoms with van der Waals surface area (Å²) in [7, 11) is 1.58. The van der Waals surface area contributed by atoms with Gasteiger partial charge in [0, 0.05) is 24.6 Å². The van der Waals surface area contributed by atoms with Gasteiger partial charge < -0.3 is 19.0 Å². The highest BCUT2D eigenvalue weighted by molar-refractivity contribution is 5.99. The lowest BCUT2D eigenvalue weighted by atomic mass is 10.1. The van der Waals surface area contributed by atoms with Crippen molar-refractivity contribution in [3.8, 4) is 0 Å². The fourth-order valence-electron chi connectivity index (χ4n) is 3.42. The summed E-state index contributed by atoms with van der Waals surface area (Å²) >= 11 is 0. The van der Waals surface area contributed by atoms with Crippen molar-refractivity contribution in [2.75, 3.05) is 13.7 Å². The molecule has 0 fully saturated rings. The monoisotopic (exact) mass is 391 g/mol. The van der Waals surface area contributed by atoms with Crippen LogP contribution in [0.3, 0.4) is 0 Å². The Morgan fingerprint density at radius 2 is 1.86 bits per heavy atom. The molecule has 0 bridgehead atoms. The number of rotatable bonds is 6. The van der Waals surface area contributed by atoms with Crippen LogP contribution < -0.4 is 5.56 Å². The van der Waals surface area contributed by atoms with Gasteiger partial charge in [-0.3, -0.25) is 9.59 Å². The van der Waals surface area contributed by atoms with E-state index in [1.165, 1.54) is 0 Å². The Hall–Kier alpha value is -3.45. The second-order valence-electron chi connectivity index (χ2n) is 6.69. The van der Waals surface area contributed by atoms with E-state index in [4.69, 9.17) is 9.15 Å². The standard InChI is InChI=1S/C22H21N3O4/c1-3-25(12-19-23-17-10-6-4-9-15(17)21(26)24-19)22(27)20-16(13-28-2)14-8-5-7-11-18(14)29-20/h4-11H,3,12-13H2,1-2H3,(H,23,24,26). The molecule has 0 aliphatic rings. The average Bonchev–Trinajstić information content (AvgIpc) is 3.10.